The molecule has 0 spiro atoms. The lowest BCUT2D eigenvalue weighted by atomic mass is 9.99. The summed E-state index contributed by atoms with van der Waals surface area (Å²) in [5, 5.41) is 7.11. The number of thiazole rings is 1. The van der Waals surface area contributed by atoms with Gasteiger partial charge in [-0.05, 0) is 20.8 Å². The Morgan fingerprint density at radius 2 is 2.09 bits per heavy atom. The van der Waals surface area contributed by atoms with Crippen molar-refractivity contribution >= 4 is 28.3 Å². The molecule has 1 N–H and O–H groups in total. The van der Waals surface area contributed by atoms with E-state index in [4.69, 9.17) is 4.52 Å². The van der Waals surface area contributed by atoms with Crippen molar-refractivity contribution in [3.63, 3.8) is 0 Å². The van der Waals surface area contributed by atoms with E-state index >= 15 is 0 Å². The topological polar surface area (TPSA) is 88.3 Å². The Labute approximate surface area is 131 Å². The van der Waals surface area contributed by atoms with Crippen LogP contribution in [0.2, 0.25) is 0 Å². The minimum Gasteiger partial charge on any atom is -0.361 e. The summed E-state index contributed by atoms with van der Waals surface area (Å²) in [6, 6.07) is 1.59. The molecule has 7 nitrogen and oxygen atoms in total. The van der Waals surface area contributed by atoms with Crippen LogP contribution < -0.4 is 5.32 Å². The highest BCUT2D eigenvalue weighted by Gasteiger charge is 2.37. The zero-order valence-electron chi connectivity index (χ0n) is 12.5. The number of rotatable bonds is 3. The molecule has 116 valence electrons. The van der Waals surface area contributed by atoms with Gasteiger partial charge in [0.25, 0.3) is 5.91 Å². The molecule has 2 aromatic rings. The van der Waals surface area contributed by atoms with Crippen LogP contribution in [0.1, 0.15) is 26.8 Å². The van der Waals surface area contributed by atoms with E-state index in [9.17, 15) is 9.59 Å². The SMILES string of the molecule is Cc1cc(C(=O)N2CC(C(=O)Nc3nc(C)c(C)s3)C2)no1. The van der Waals surface area contributed by atoms with Crippen molar-refractivity contribution in [1.29, 1.82) is 0 Å². The highest BCUT2D eigenvalue weighted by Crippen LogP contribution is 2.24. The third-order valence-corrected chi connectivity index (χ3v) is 4.63. The van der Waals surface area contributed by atoms with E-state index in [-0.39, 0.29) is 23.4 Å². The second kappa shape index (κ2) is 5.53. The van der Waals surface area contributed by atoms with Crippen LogP contribution in [-0.4, -0.2) is 39.9 Å². The lowest BCUT2D eigenvalue weighted by molar-refractivity contribution is -0.123. The normalized spacial score (nSPS) is 14.8. The average Bonchev–Trinajstić information content (AvgIpc) is 2.94. The Hall–Kier alpha value is -2.22. The molecule has 1 saturated heterocycles. The number of nitrogens with one attached hydrogen (secondary N) is 1. The van der Waals surface area contributed by atoms with Crippen LogP contribution in [0.15, 0.2) is 10.6 Å². The Kier molecular flexibility index (Phi) is 3.69. The van der Waals surface area contributed by atoms with E-state index in [1.165, 1.54) is 11.3 Å². The molecular weight excluding hydrogens is 304 g/mol. The Balaban J connectivity index is 1.54. The lowest BCUT2D eigenvalue weighted by Crippen LogP contribution is -2.54. The Bertz CT molecular complexity index is 711. The molecule has 8 heteroatoms. The predicted molar refractivity (Wildman–Crippen MR) is 80.9 cm³/mol. The minimum atomic E-state index is -0.207. The lowest BCUT2D eigenvalue weighted by Gasteiger charge is -2.37. The molecule has 0 unspecified atom stereocenters. The number of aryl methyl sites for hydroxylation is 3. The van der Waals surface area contributed by atoms with Crippen molar-refractivity contribution in [1.82, 2.24) is 15.0 Å². The van der Waals surface area contributed by atoms with E-state index in [1.54, 1.807) is 17.9 Å². The molecule has 0 bridgehead atoms. The number of nitrogens with zero attached hydrogens (tertiary/aromatic N) is 3. The summed E-state index contributed by atoms with van der Waals surface area (Å²) in [4.78, 5) is 31.1. The first-order chi connectivity index (χ1) is 10.4. The number of likely N-dealkylation sites (tertiary alicyclic amines) is 1. The number of hydrogen-bond acceptors (Lipinski definition) is 6. The molecular formula is C14H16N4O3S. The van der Waals surface area contributed by atoms with Crippen LogP contribution in [0.5, 0.6) is 0 Å². The Morgan fingerprint density at radius 1 is 1.36 bits per heavy atom. The van der Waals surface area contributed by atoms with Gasteiger partial charge in [-0.2, -0.15) is 0 Å². The molecule has 2 aromatic heterocycles. The van der Waals surface area contributed by atoms with Crippen LogP contribution in [0.25, 0.3) is 0 Å². The van der Waals surface area contributed by atoms with Gasteiger partial charge in [-0.15, -0.1) is 11.3 Å². The van der Waals surface area contributed by atoms with E-state index in [1.807, 2.05) is 13.8 Å². The number of amides is 2. The summed E-state index contributed by atoms with van der Waals surface area (Å²) >= 11 is 1.46. The van der Waals surface area contributed by atoms with Gasteiger partial charge in [0.05, 0.1) is 11.6 Å². The van der Waals surface area contributed by atoms with Crippen molar-refractivity contribution in [3.8, 4) is 0 Å². The quantitative estimate of drug-likeness (QED) is 0.931. The zero-order chi connectivity index (χ0) is 15.9. The van der Waals surface area contributed by atoms with Crippen LogP contribution in [-0.2, 0) is 4.79 Å². The molecule has 0 atom stereocenters. The molecule has 3 rings (SSSR count). The predicted octanol–water partition coefficient (Wildman–Crippen LogP) is 1.77. The van der Waals surface area contributed by atoms with Crippen LogP contribution >= 0.6 is 11.3 Å². The molecule has 0 aromatic carbocycles. The number of carbonyl (C=O) groups excluding carboxylic acids is 2. The Morgan fingerprint density at radius 3 is 2.64 bits per heavy atom. The van der Waals surface area contributed by atoms with Gasteiger partial charge >= 0.3 is 0 Å². The summed E-state index contributed by atoms with van der Waals surface area (Å²) in [6.07, 6.45) is 0. The van der Waals surface area contributed by atoms with Gasteiger partial charge in [-0.1, -0.05) is 5.16 Å². The summed E-state index contributed by atoms with van der Waals surface area (Å²) < 4.78 is 4.89. The first-order valence-corrected chi connectivity index (χ1v) is 7.73. The summed E-state index contributed by atoms with van der Waals surface area (Å²) in [6.45, 7) is 6.38. The first-order valence-electron chi connectivity index (χ1n) is 6.91. The van der Waals surface area contributed by atoms with Crippen LogP contribution in [0.3, 0.4) is 0 Å². The monoisotopic (exact) mass is 320 g/mol. The fourth-order valence-electron chi connectivity index (χ4n) is 2.17. The first kappa shape index (κ1) is 14.7. The van der Waals surface area contributed by atoms with Gasteiger partial charge < -0.3 is 14.7 Å². The molecule has 0 aliphatic carbocycles. The maximum absolute atomic E-state index is 12.1. The second-order valence-electron chi connectivity index (χ2n) is 5.38. The van der Waals surface area contributed by atoms with Gasteiger partial charge in [0.1, 0.15) is 5.76 Å². The van der Waals surface area contributed by atoms with Gasteiger partial charge in [-0.3, -0.25) is 9.59 Å². The third kappa shape index (κ3) is 2.74. The van der Waals surface area contributed by atoms with Crippen molar-refractivity contribution in [3.05, 3.63) is 28.1 Å². The molecule has 0 radical (unpaired) electrons. The summed E-state index contributed by atoms with van der Waals surface area (Å²) in [5.41, 5.74) is 1.20. The highest BCUT2D eigenvalue weighted by molar-refractivity contribution is 7.15. The zero-order valence-corrected chi connectivity index (χ0v) is 13.4. The molecule has 3 heterocycles. The average molecular weight is 320 g/mol. The second-order valence-corrected chi connectivity index (χ2v) is 6.58. The largest absolute Gasteiger partial charge is 0.361 e. The summed E-state index contributed by atoms with van der Waals surface area (Å²) in [7, 11) is 0. The maximum Gasteiger partial charge on any atom is 0.276 e. The van der Waals surface area contributed by atoms with Gasteiger partial charge in [0, 0.05) is 24.0 Å². The number of aromatic nitrogens is 2. The van der Waals surface area contributed by atoms with Crippen molar-refractivity contribution in [2.24, 2.45) is 5.92 Å². The number of anilines is 1. The smallest absolute Gasteiger partial charge is 0.276 e. The number of hydrogen-bond donors (Lipinski definition) is 1. The van der Waals surface area contributed by atoms with Gasteiger partial charge in [0.2, 0.25) is 5.91 Å². The van der Waals surface area contributed by atoms with Crippen LogP contribution in [0.4, 0.5) is 5.13 Å². The van der Waals surface area contributed by atoms with E-state index in [0.29, 0.717) is 24.0 Å². The standard InChI is InChI=1S/C14H16N4O3S/c1-7-4-11(17-21-7)13(20)18-5-10(6-18)12(19)16-14-15-8(2)9(3)22-14/h4,10H,5-6H2,1-3H3,(H,15,16,19). The number of carbonyl (C=O) groups is 2. The van der Waals surface area contributed by atoms with E-state index in [2.05, 4.69) is 15.5 Å². The van der Waals surface area contributed by atoms with Crippen molar-refractivity contribution in [2.45, 2.75) is 20.8 Å². The van der Waals surface area contributed by atoms with Crippen molar-refractivity contribution in [2.75, 3.05) is 18.4 Å². The van der Waals surface area contributed by atoms with E-state index < -0.39 is 0 Å². The van der Waals surface area contributed by atoms with E-state index in [0.717, 1.165) is 10.6 Å². The fraction of sp³-hybridized carbons (Fsp3) is 0.429. The minimum absolute atomic E-state index is 0.103. The van der Waals surface area contributed by atoms with Crippen LogP contribution in [0, 0.1) is 26.7 Å². The molecule has 1 aliphatic rings. The van der Waals surface area contributed by atoms with Gasteiger partial charge in [0.15, 0.2) is 10.8 Å². The fourth-order valence-corrected chi connectivity index (χ4v) is 2.99. The molecule has 1 aliphatic heterocycles. The molecule has 22 heavy (non-hydrogen) atoms. The summed E-state index contributed by atoms with van der Waals surface area (Å²) in [5.74, 6) is 0.0742. The molecule has 2 amide bonds. The molecule has 0 saturated carbocycles. The van der Waals surface area contributed by atoms with Gasteiger partial charge in [-0.25, -0.2) is 4.98 Å². The maximum atomic E-state index is 12.1. The van der Waals surface area contributed by atoms with Crippen molar-refractivity contribution < 1.29 is 14.1 Å². The highest BCUT2D eigenvalue weighted by atomic mass is 32.1. The molecule has 1 fully saturated rings. The third-order valence-electron chi connectivity index (χ3n) is 3.65.